The molecular formula is C16H17Cl2N3O2. The molecule has 1 aromatic carbocycles. The molecule has 0 unspecified atom stereocenters. The summed E-state index contributed by atoms with van der Waals surface area (Å²) >= 11 is 12.1. The summed E-state index contributed by atoms with van der Waals surface area (Å²) in [4.78, 5) is 22.6. The first kappa shape index (κ1) is 16.3. The average molecular weight is 354 g/mol. The molecule has 0 bridgehead atoms. The first-order valence-electron chi connectivity index (χ1n) is 7.63. The molecule has 2 aromatic rings. The van der Waals surface area contributed by atoms with Gasteiger partial charge >= 0.3 is 5.97 Å². The number of benzene rings is 1. The van der Waals surface area contributed by atoms with Gasteiger partial charge in [-0.25, -0.2) is 4.98 Å². The SMILES string of the molecule is CCOC(=O)C1CCN(c2nc(Cl)nc3ccc(Cl)cc23)CC1. The number of hydrogen-bond acceptors (Lipinski definition) is 5. The van der Waals surface area contributed by atoms with Crippen molar-refractivity contribution in [3.8, 4) is 0 Å². The summed E-state index contributed by atoms with van der Waals surface area (Å²) in [6, 6.07) is 5.46. The number of fused-ring (bicyclic) bond motifs is 1. The Morgan fingerprint density at radius 1 is 1.30 bits per heavy atom. The van der Waals surface area contributed by atoms with Crippen molar-refractivity contribution < 1.29 is 9.53 Å². The van der Waals surface area contributed by atoms with Crippen molar-refractivity contribution in [3.63, 3.8) is 0 Å². The minimum absolute atomic E-state index is 0.0432. The third-order valence-electron chi connectivity index (χ3n) is 4.02. The molecule has 1 saturated heterocycles. The fraction of sp³-hybridized carbons (Fsp3) is 0.438. The highest BCUT2D eigenvalue weighted by atomic mass is 35.5. The quantitative estimate of drug-likeness (QED) is 0.621. The molecular weight excluding hydrogens is 337 g/mol. The Balaban J connectivity index is 1.84. The Kier molecular flexibility index (Phi) is 4.87. The van der Waals surface area contributed by atoms with Crippen LogP contribution in [0.4, 0.5) is 5.82 Å². The van der Waals surface area contributed by atoms with Crippen LogP contribution in [0, 0.1) is 5.92 Å². The van der Waals surface area contributed by atoms with Gasteiger partial charge in [0.1, 0.15) is 5.82 Å². The average Bonchev–Trinajstić information content (AvgIpc) is 2.55. The summed E-state index contributed by atoms with van der Waals surface area (Å²) < 4.78 is 5.11. The number of esters is 1. The number of hydrogen-bond donors (Lipinski definition) is 0. The van der Waals surface area contributed by atoms with E-state index in [2.05, 4.69) is 14.9 Å². The summed E-state index contributed by atoms with van der Waals surface area (Å²) in [5.41, 5.74) is 0.761. The van der Waals surface area contributed by atoms with Crippen LogP contribution in [0.2, 0.25) is 10.3 Å². The maximum absolute atomic E-state index is 11.8. The molecule has 1 aliphatic rings. The molecule has 5 nitrogen and oxygen atoms in total. The zero-order chi connectivity index (χ0) is 16.4. The van der Waals surface area contributed by atoms with Gasteiger partial charge in [0, 0.05) is 23.5 Å². The number of nitrogens with zero attached hydrogens (tertiary/aromatic N) is 3. The number of halogens is 2. The van der Waals surface area contributed by atoms with Crippen LogP contribution < -0.4 is 4.90 Å². The molecule has 0 N–H and O–H groups in total. The largest absolute Gasteiger partial charge is 0.466 e. The van der Waals surface area contributed by atoms with Crippen molar-refractivity contribution in [2.24, 2.45) is 5.92 Å². The maximum atomic E-state index is 11.8. The molecule has 0 atom stereocenters. The number of aromatic nitrogens is 2. The third-order valence-corrected chi connectivity index (χ3v) is 4.43. The third kappa shape index (κ3) is 3.51. The van der Waals surface area contributed by atoms with Gasteiger partial charge in [-0.15, -0.1) is 0 Å². The van der Waals surface area contributed by atoms with Crippen molar-refractivity contribution in [3.05, 3.63) is 28.5 Å². The van der Waals surface area contributed by atoms with Crippen LogP contribution in [-0.4, -0.2) is 35.6 Å². The van der Waals surface area contributed by atoms with Gasteiger partial charge in [0.15, 0.2) is 0 Å². The van der Waals surface area contributed by atoms with E-state index in [1.54, 1.807) is 6.07 Å². The predicted octanol–water partition coefficient (Wildman–Crippen LogP) is 3.72. The lowest BCUT2D eigenvalue weighted by molar-refractivity contribution is -0.148. The standard InChI is InChI=1S/C16H17Cl2N3O2/c1-2-23-15(22)10-5-7-21(8-6-10)14-12-9-11(17)3-4-13(12)19-16(18)20-14/h3-4,9-10H,2,5-8H2,1H3. The van der Waals surface area contributed by atoms with Gasteiger partial charge in [0.05, 0.1) is 18.0 Å². The lowest BCUT2D eigenvalue weighted by atomic mass is 9.97. The number of piperidine rings is 1. The van der Waals surface area contributed by atoms with Crippen molar-refractivity contribution in [1.29, 1.82) is 0 Å². The van der Waals surface area contributed by atoms with Crippen LogP contribution in [0.15, 0.2) is 18.2 Å². The van der Waals surface area contributed by atoms with Crippen LogP contribution in [0.5, 0.6) is 0 Å². The molecule has 3 rings (SSSR count). The van der Waals surface area contributed by atoms with Crippen molar-refractivity contribution >= 4 is 45.9 Å². The first-order chi connectivity index (χ1) is 11.1. The molecule has 1 aliphatic heterocycles. The van der Waals surface area contributed by atoms with E-state index < -0.39 is 0 Å². The predicted molar refractivity (Wildman–Crippen MR) is 91.1 cm³/mol. The van der Waals surface area contributed by atoms with E-state index in [0.717, 1.165) is 42.7 Å². The Hall–Kier alpha value is -1.59. The van der Waals surface area contributed by atoms with Crippen LogP contribution in [0.3, 0.4) is 0 Å². The highest BCUT2D eigenvalue weighted by molar-refractivity contribution is 6.31. The Bertz CT molecular complexity index is 731. The number of ether oxygens (including phenoxy) is 1. The topological polar surface area (TPSA) is 55.3 Å². The van der Waals surface area contributed by atoms with Gasteiger partial charge in [-0.05, 0) is 49.6 Å². The van der Waals surface area contributed by atoms with Crippen molar-refractivity contribution in [2.75, 3.05) is 24.6 Å². The molecule has 1 aromatic heterocycles. The second kappa shape index (κ2) is 6.89. The molecule has 0 spiro atoms. The van der Waals surface area contributed by atoms with Gasteiger partial charge < -0.3 is 9.64 Å². The summed E-state index contributed by atoms with van der Waals surface area (Å²) in [7, 11) is 0. The van der Waals surface area contributed by atoms with Gasteiger partial charge in [-0.2, -0.15) is 4.98 Å². The zero-order valence-corrected chi connectivity index (χ0v) is 14.3. The second-order valence-electron chi connectivity index (χ2n) is 5.49. The highest BCUT2D eigenvalue weighted by Gasteiger charge is 2.27. The van der Waals surface area contributed by atoms with Gasteiger partial charge in [-0.3, -0.25) is 4.79 Å². The Labute approximate surface area is 144 Å². The second-order valence-corrected chi connectivity index (χ2v) is 6.27. The zero-order valence-electron chi connectivity index (χ0n) is 12.8. The summed E-state index contributed by atoms with van der Waals surface area (Å²) in [6.07, 6.45) is 1.48. The van der Waals surface area contributed by atoms with E-state index in [9.17, 15) is 4.79 Å². The van der Waals surface area contributed by atoms with E-state index in [1.807, 2.05) is 19.1 Å². The normalized spacial score (nSPS) is 15.9. The maximum Gasteiger partial charge on any atom is 0.309 e. The molecule has 0 radical (unpaired) electrons. The summed E-state index contributed by atoms with van der Waals surface area (Å²) in [5, 5.41) is 1.71. The molecule has 2 heterocycles. The Morgan fingerprint density at radius 3 is 2.74 bits per heavy atom. The molecule has 0 saturated carbocycles. The number of rotatable bonds is 3. The van der Waals surface area contributed by atoms with E-state index in [4.69, 9.17) is 27.9 Å². The molecule has 0 aliphatic carbocycles. The lowest BCUT2D eigenvalue weighted by Gasteiger charge is -2.32. The summed E-state index contributed by atoms with van der Waals surface area (Å²) in [6.45, 7) is 3.69. The Morgan fingerprint density at radius 2 is 2.04 bits per heavy atom. The van der Waals surface area contributed by atoms with Gasteiger partial charge in [-0.1, -0.05) is 11.6 Å². The van der Waals surface area contributed by atoms with E-state index >= 15 is 0 Å². The molecule has 23 heavy (non-hydrogen) atoms. The smallest absolute Gasteiger partial charge is 0.309 e. The minimum Gasteiger partial charge on any atom is -0.466 e. The van der Waals surface area contributed by atoms with E-state index in [0.29, 0.717) is 11.6 Å². The number of carbonyl (C=O) groups excluding carboxylic acids is 1. The lowest BCUT2D eigenvalue weighted by Crippen LogP contribution is -2.37. The molecule has 7 heteroatoms. The number of carbonyl (C=O) groups is 1. The fourth-order valence-electron chi connectivity index (χ4n) is 2.89. The molecule has 122 valence electrons. The van der Waals surface area contributed by atoms with E-state index in [-0.39, 0.29) is 17.2 Å². The molecule has 0 amide bonds. The van der Waals surface area contributed by atoms with E-state index in [1.165, 1.54) is 0 Å². The highest BCUT2D eigenvalue weighted by Crippen LogP contribution is 2.31. The minimum atomic E-state index is -0.110. The molecule has 1 fully saturated rings. The van der Waals surface area contributed by atoms with Gasteiger partial charge in [0.25, 0.3) is 0 Å². The van der Waals surface area contributed by atoms with Crippen molar-refractivity contribution in [2.45, 2.75) is 19.8 Å². The van der Waals surface area contributed by atoms with Crippen molar-refractivity contribution in [1.82, 2.24) is 9.97 Å². The van der Waals surface area contributed by atoms with Crippen LogP contribution in [0.25, 0.3) is 10.9 Å². The first-order valence-corrected chi connectivity index (χ1v) is 8.38. The van der Waals surface area contributed by atoms with Crippen LogP contribution in [-0.2, 0) is 9.53 Å². The fourth-order valence-corrected chi connectivity index (χ4v) is 3.23. The summed E-state index contributed by atoms with van der Waals surface area (Å²) in [5.74, 6) is 0.615. The van der Waals surface area contributed by atoms with Gasteiger partial charge in [0.2, 0.25) is 5.28 Å². The van der Waals surface area contributed by atoms with Crippen LogP contribution >= 0.6 is 23.2 Å². The number of anilines is 1. The monoisotopic (exact) mass is 353 g/mol. The van der Waals surface area contributed by atoms with Crippen LogP contribution in [0.1, 0.15) is 19.8 Å².